The summed E-state index contributed by atoms with van der Waals surface area (Å²) < 4.78 is 36.0. The predicted molar refractivity (Wildman–Crippen MR) is 64.8 cm³/mol. The van der Waals surface area contributed by atoms with Crippen LogP contribution in [0.25, 0.3) is 0 Å². The molecule has 96 valence electrons. The molecule has 1 N–H and O–H groups in total. The molecule has 1 aromatic carbocycles. The van der Waals surface area contributed by atoms with Gasteiger partial charge in [-0.1, -0.05) is 0 Å². The van der Waals surface area contributed by atoms with Gasteiger partial charge in [-0.2, -0.15) is 0 Å². The average Bonchev–Trinajstić information content (AvgIpc) is 2.29. The summed E-state index contributed by atoms with van der Waals surface area (Å²) in [6.45, 7) is 2.39. The second-order valence-corrected chi connectivity index (χ2v) is 5.29. The molecule has 0 unspecified atom stereocenters. The monoisotopic (exact) mass is 259 g/mol. The Labute approximate surface area is 102 Å². The number of methoxy groups -OCH3 is 2. The summed E-state index contributed by atoms with van der Waals surface area (Å²) in [7, 11) is -0.397. The van der Waals surface area contributed by atoms with Gasteiger partial charge >= 0.3 is 0 Å². The van der Waals surface area contributed by atoms with Crippen molar-refractivity contribution in [2.45, 2.75) is 11.8 Å². The van der Waals surface area contributed by atoms with Crippen LogP contribution in [0, 0.1) is 6.92 Å². The maximum atomic E-state index is 11.9. The summed E-state index contributed by atoms with van der Waals surface area (Å²) in [5, 5.41) is 0. The predicted octanol–water partition coefficient (Wildman–Crippen LogP) is 0.928. The van der Waals surface area contributed by atoms with Gasteiger partial charge < -0.3 is 9.47 Å². The van der Waals surface area contributed by atoms with Crippen molar-refractivity contribution in [1.29, 1.82) is 0 Å². The van der Waals surface area contributed by atoms with Crippen molar-refractivity contribution >= 4 is 10.0 Å². The molecule has 0 aliphatic heterocycles. The topological polar surface area (TPSA) is 64.6 Å². The molecule has 1 aromatic rings. The van der Waals surface area contributed by atoms with Crippen LogP contribution in [0.2, 0.25) is 0 Å². The van der Waals surface area contributed by atoms with Crippen LogP contribution in [0.4, 0.5) is 0 Å². The lowest BCUT2D eigenvalue weighted by Crippen LogP contribution is -2.27. The van der Waals surface area contributed by atoms with E-state index < -0.39 is 10.0 Å². The number of hydrogen-bond acceptors (Lipinski definition) is 4. The molecule has 0 aromatic heterocycles. The molecule has 1 rings (SSSR count). The van der Waals surface area contributed by atoms with Crippen molar-refractivity contribution in [3.8, 4) is 5.75 Å². The van der Waals surface area contributed by atoms with E-state index in [1.807, 2.05) is 0 Å². The van der Waals surface area contributed by atoms with Gasteiger partial charge in [0, 0.05) is 13.7 Å². The molecule has 5 nitrogen and oxygen atoms in total. The lowest BCUT2D eigenvalue weighted by Gasteiger charge is -2.09. The lowest BCUT2D eigenvalue weighted by atomic mass is 10.2. The first-order chi connectivity index (χ1) is 8.01. The van der Waals surface area contributed by atoms with Crippen LogP contribution < -0.4 is 9.46 Å². The molecule has 6 heteroatoms. The van der Waals surface area contributed by atoms with E-state index in [1.54, 1.807) is 26.2 Å². The Kier molecular flexibility index (Phi) is 4.92. The molecule has 0 radical (unpaired) electrons. The Morgan fingerprint density at radius 1 is 1.29 bits per heavy atom. The van der Waals surface area contributed by atoms with E-state index in [9.17, 15) is 8.42 Å². The summed E-state index contributed by atoms with van der Waals surface area (Å²) in [5.41, 5.74) is 0.780. The number of ether oxygens (including phenoxy) is 2. The van der Waals surface area contributed by atoms with E-state index in [1.165, 1.54) is 13.2 Å². The second-order valence-electron chi connectivity index (χ2n) is 3.52. The number of sulfonamides is 1. The Morgan fingerprint density at radius 2 is 2.00 bits per heavy atom. The highest BCUT2D eigenvalue weighted by atomic mass is 32.2. The van der Waals surface area contributed by atoms with Gasteiger partial charge in [0.05, 0.1) is 18.6 Å². The maximum absolute atomic E-state index is 11.9. The molecule has 0 atom stereocenters. The van der Waals surface area contributed by atoms with Gasteiger partial charge in [0.15, 0.2) is 0 Å². The molecular formula is C11H17NO4S. The summed E-state index contributed by atoms with van der Waals surface area (Å²) in [4.78, 5) is 0.229. The smallest absolute Gasteiger partial charge is 0.240 e. The zero-order valence-corrected chi connectivity index (χ0v) is 11.0. The Balaban J connectivity index is 2.88. The van der Waals surface area contributed by atoms with Crippen molar-refractivity contribution in [1.82, 2.24) is 4.72 Å². The van der Waals surface area contributed by atoms with Crippen molar-refractivity contribution in [3.05, 3.63) is 23.8 Å². The molecule has 0 aliphatic carbocycles. The number of nitrogens with one attached hydrogen (secondary N) is 1. The van der Waals surface area contributed by atoms with Crippen LogP contribution in [-0.2, 0) is 14.8 Å². The highest BCUT2D eigenvalue weighted by molar-refractivity contribution is 7.89. The minimum Gasteiger partial charge on any atom is -0.496 e. The zero-order valence-electron chi connectivity index (χ0n) is 10.2. The third kappa shape index (κ3) is 3.69. The summed E-state index contributed by atoms with van der Waals surface area (Å²) >= 11 is 0. The quantitative estimate of drug-likeness (QED) is 0.772. The van der Waals surface area contributed by atoms with E-state index in [4.69, 9.17) is 9.47 Å². The van der Waals surface area contributed by atoms with Crippen LogP contribution in [0.1, 0.15) is 5.56 Å². The van der Waals surface area contributed by atoms with Crippen molar-refractivity contribution in [2.75, 3.05) is 27.4 Å². The third-order valence-corrected chi connectivity index (χ3v) is 3.73. The summed E-state index contributed by atoms with van der Waals surface area (Å²) in [5.74, 6) is 0.667. The van der Waals surface area contributed by atoms with Gasteiger partial charge in [-0.3, -0.25) is 0 Å². The SMILES string of the molecule is COCCNS(=O)(=O)c1ccc(OC)c(C)c1. The fourth-order valence-corrected chi connectivity index (χ4v) is 2.48. The van der Waals surface area contributed by atoms with E-state index in [0.29, 0.717) is 12.4 Å². The van der Waals surface area contributed by atoms with E-state index >= 15 is 0 Å². The Bertz CT molecular complexity index is 470. The molecule has 17 heavy (non-hydrogen) atoms. The molecule has 0 heterocycles. The van der Waals surface area contributed by atoms with E-state index in [0.717, 1.165) is 5.56 Å². The van der Waals surface area contributed by atoms with Gasteiger partial charge in [0.25, 0.3) is 0 Å². The van der Waals surface area contributed by atoms with Crippen LogP contribution in [0.5, 0.6) is 5.75 Å². The first kappa shape index (κ1) is 14.0. The third-order valence-electron chi connectivity index (χ3n) is 2.27. The van der Waals surface area contributed by atoms with Crippen LogP contribution in [0.15, 0.2) is 23.1 Å². The molecule has 0 saturated carbocycles. The Hall–Kier alpha value is -1.11. The fraction of sp³-hybridized carbons (Fsp3) is 0.455. The van der Waals surface area contributed by atoms with Crippen molar-refractivity contribution in [2.24, 2.45) is 0 Å². The largest absolute Gasteiger partial charge is 0.496 e. The van der Waals surface area contributed by atoms with Crippen molar-refractivity contribution < 1.29 is 17.9 Å². The van der Waals surface area contributed by atoms with E-state index in [-0.39, 0.29) is 11.4 Å². The first-order valence-electron chi connectivity index (χ1n) is 5.14. The number of aryl methyl sites for hydroxylation is 1. The number of rotatable bonds is 6. The van der Waals surface area contributed by atoms with Gasteiger partial charge in [0.2, 0.25) is 10.0 Å². The molecule has 0 amide bonds. The van der Waals surface area contributed by atoms with Gasteiger partial charge in [-0.15, -0.1) is 0 Å². The standard InChI is InChI=1S/C11H17NO4S/c1-9-8-10(4-5-11(9)16-3)17(13,14)12-6-7-15-2/h4-5,8,12H,6-7H2,1-3H3. The van der Waals surface area contributed by atoms with Gasteiger partial charge in [-0.05, 0) is 30.7 Å². The highest BCUT2D eigenvalue weighted by Gasteiger charge is 2.14. The molecular weight excluding hydrogens is 242 g/mol. The average molecular weight is 259 g/mol. The highest BCUT2D eigenvalue weighted by Crippen LogP contribution is 2.20. The van der Waals surface area contributed by atoms with Crippen LogP contribution in [-0.4, -0.2) is 35.8 Å². The summed E-state index contributed by atoms with van der Waals surface area (Å²) in [6.07, 6.45) is 0. The minimum atomic E-state index is -3.47. The Morgan fingerprint density at radius 3 is 2.53 bits per heavy atom. The fourth-order valence-electron chi connectivity index (χ4n) is 1.38. The molecule has 0 aliphatic rings. The molecule has 0 bridgehead atoms. The van der Waals surface area contributed by atoms with Crippen molar-refractivity contribution in [3.63, 3.8) is 0 Å². The number of benzene rings is 1. The maximum Gasteiger partial charge on any atom is 0.240 e. The molecule has 0 spiro atoms. The lowest BCUT2D eigenvalue weighted by molar-refractivity contribution is 0.204. The minimum absolute atomic E-state index is 0.229. The molecule has 0 fully saturated rings. The number of hydrogen-bond donors (Lipinski definition) is 1. The van der Waals surface area contributed by atoms with E-state index in [2.05, 4.69) is 4.72 Å². The van der Waals surface area contributed by atoms with Gasteiger partial charge in [-0.25, -0.2) is 13.1 Å². The first-order valence-corrected chi connectivity index (χ1v) is 6.63. The molecule has 0 saturated heterocycles. The van der Waals surface area contributed by atoms with Crippen LogP contribution in [0.3, 0.4) is 0 Å². The second kappa shape index (κ2) is 6.00. The van der Waals surface area contributed by atoms with Crippen LogP contribution >= 0.6 is 0 Å². The normalized spacial score (nSPS) is 11.5. The summed E-state index contributed by atoms with van der Waals surface area (Å²) in [6, 6.07) is 4.73. The zero-order chi connectivity index (χ0) is 12.9. The van der Waals surface area contributed by atoms with Gasteiger partial charge in [0.1, 0.15) is 5.75 Å².